The minimum absolute atomic E-state index is 0.324. The monoisotopic (exact) mass is 228 g/mol. The minimum atomic E-state index is 0.324. The number of benzene rings is 1. The summed E-state index contributed by atoms with van der Waals surface area (Å²) in [5, 5.41) is 4.68. The van der Waals surface area contributed by atoms with Gasteiger partial charge in [-0.1, -0.05) is 39.0 Å². The Morgan fingerprint density at radius 3 is 2.71 bits per heavy atom. The van der Waals surface area contributed by atoms with Gasteiger partial charge in [-0.2, -0.15) is 0 Å². The maximum atomic E-state index is 4.46. The third-order valence-electron chi connectivity index (χ3n) is 2.63. The number of hydrogen-bond acceptors (Lipinski definition) is 2. The molecule has 2 rings (SSSR count). The summed E-state index contributed by atoms with van der Waals surface area (Å²) in [6.45, 7) is 8.60. The molecule has 0 fully saturated rings. The van der Waals surface area contributed by atoms with Crippen LogP contribution in [0.4, 0.5) is 0 Å². The van der Waals surface area contributed by atoms with Crippen molar-refractivity contribution in [2.75, 3.05) is 6.54 Å². The van der Waals surface area contributed by atoms with Crippen LogP contribution in [0.5, 0.6) is 0 Å². The number of pyridine rings is 1. The predicted octanol–water partition coefficient (Wildman–Crippen LogP) is 3.37. The van der Waals surface area contributed by atoms with Crippen molar-refractivity contribution in [1.29, 1.82) is 0 Å². The molecular formula is C15H20N2. The highest BCUT2D eigenvalue weighted by Gasteiger charge is 2.08. The first kappa shape index (κ1) is 12.1. The minimum Gasteiger partial charge on any atom is -0.312 e. The molecule has 2 aromatic rings. The first-order chi connectivity index (χ1) is 8.04. The lowest BCUT2D eigenvalue weighted by Crippen LogP contribution is -2.26. The molecule has 1 aromatic carbocycles. The average molecular weight is 228 g/mol. The topological polar surface area (TPSA) is 24.9 Å². The first-order valence-electron chi connectivity index (χ1n) is 6.09. The summed E-state index contributed by atoms with van der Waals surface area (Å²) in [6.07, 6.45) is 1.96. The molecule has 0 amide bonds. The van der Waals surface area contributed by atoms with E-state index in [-0.39, 0.29) is 0 Å². The van der Waals surface area contributed by atoms with Crippen molar-refractivity contribution in [3.8, 4) is 0 Å². The number of fused-ring (bicyclic) bond motifs is 1. The second kappa shape index (κ2) is 4.84. The van der Waals surface area contributed by atoms with Crippen LogP contribution in [0.25, 0.3) is 10.9 Å². The predicted molar refractivity (Wildman–Crippen MR) is 72.9 cm³/mol. The quantitative estimate of drug-likeness (QED) is 0.871. The fraction of sp³-hybridized carbons (Fsp3) is 0.400. The van der Waals surface area contributed by atoms with Crippen molar-refractivity contribution < 1.29 is 0 Å². The van der Waals surface area contributed by atoms with Crippen molar-refractivity contribution in [3.05, 3.63) is 42.1 Å². The van der Waals surface area contributed by atoms with Crippen LogP contribution >= 0.6 is 0 Å². The van der Waals surface area contributed by atoms with Gasteiger partial charge in [0.25, 0.3) is 0 Å². The number of rotatable bonds is 3. The fourth-order valence-corrected chi connectivity index (χ4v) is 1.80. The Morgan fingerprint density at radius 2 is 1.94 bits per heavy atom. The summed E-state index contributed by atoms with van der Waals surface area (Å²) < 4.78 is 0. The van der Waals surface area contributed by atoms with Gasteiger partial charge in [0.2, 0.25) is 0 Å². The lowest BCUT2D eigenvalue weighted by molar-refractivity contribution is 0.379. The van der Waals surface area contributed by atoms with Crippen LogP contribution in [0.2, 0.25) is 0 Å². The molecule has 1 aromatic heterocycles. The van der Waals surface area contributed by atoms with E-state index in [1.54, 1.807) is 0 Å². The lowest BCUT2D eigenvalue weighted by atomic mass is 9.97. The van der Waals surface area contributed by atoms with E-state index in [2.05, 4.69) is 49.3 Å². The molecule has 0 aliphatic heterocycles. The summed E-state index contributed by atoms with van der Waals surface area (Å²) in [7, 11) is 0. The van der Waals surface area contributed by atoms with E-state index >= 15 is 0 Å². The Hall–Kier alpha value is -1.41. The van der Waals surface area contributed by atoms with E-state index in [4.69, 9.17) is 0 Å². The van der Waals surface area contributed by atoms with Crippen molar-refractivity contribution in [1.82, 2.24) is 10.3 Å². The van der Waals surface area contributed by atoms with Gasteiger partial charge < -0.3 is 5.32 Å². The lowest BCUT2D eigenvalue weighted by Gasteiger charge is -2.18. The molecule has 0 saturated heterocycles. The first-order valence-corrected chi connectivity index (χ1v) is 6.09. The molecule has 0 aliphatic carbocycles. The van der Waals surface area contributed by atoms with E-state index in [0.29, 0.717) is 5.41 Å². The van der Waals surface area contributed by atoms with Crippen molar-refractivity contribution >= 4 is 10.9 Å². The fourth-order valence-electron chi connectivity index (χ4n) is 1.80. The third-order valence-corrected chi connectivity index (χ3v) is 2.63. The molecule has 0 aliphatic rings. The highest BCUT2D eigenvalue weighted by molar-refractivity contribution is 5.78. The van der Waals surface area contributed by atoms with Crippen LogP contribution in [-0.2, 0) is 6.54 Å². The SMILES string of the molecule is CC(C)(C)CNCc1cnc2ccccc2c1. The molecule has 0 unspecified atom stereocenters. The molecule has 90 valence electrons. The number of hydrogen-bond donors (Lipinski definition) is 1. The second-order valence-electron chi connectivity index (χ2n) is 5.70. The van der Waals surface area contributed by atoms with Crippen molar-refractivity contribution in [2.24, 2.45) is 5.41 Å². The molecule has 1 heterocycles. The van der Waals surface area contributed by atoms with Crippen molar-refractivity contribution in [2.45, 2.75) is 27.3 Å². The van der Waals surface area contributed by atoms with Gasteiger partial charge >= 0.3 is 0 Å². The highest BCUT2D eigenvalue weighted by atomic mass is 14.9. The van der Waals surface area contributed by atoms with Gasteiger partial charge in [0, 0.05) is 24.7 Å². The van der Waals surface area contributed by atoms with E-state index in [0.717, 1.165) is 18.6 Å². The molecule has 0 bridgehead atoms. The summed E-state index contributed by atoms with van der Waals surface area (Å²) in [4.78, 5) is 4.46. The van der Waals surface area contributed by atoms with Gasteiger partial charge in [0.05, 0.1) is 5.52 Å². The highest BCUT2D eigenvalue weighted by Crippen LogP contribution is 2.14. The van der Waals surface area contributed by atoms with Crippen molar-refractivity contribution in [3.63, 3.8) is 0 Å². The van der Waals surface area contributed by atoms with Gasteiger partial charge in [-0.15, -0.1) is 0 Å². The Balaban J connectivity index is 2.04. The molecule has 2 heteroatoms. The summed E-state index contributed by atoms with van der Waals surface area (Å²) in [6, 6.07) is 10.4. The number of aromatic nitrogens is 1. The smallest absolute Gasteiger partial charge is 0.0702 e. The Kier molecular flexibility index (Phi) is 3.43. The molecule has 0 radical (unpaired) electrons. The zero-order chi connectivity index (χ0) is 12.3. The van der Waals surface area contributed by atoms with Gasteiger partial charge in [0.1, 0.15) is 0 Å². The molecule has 1 N–H and O–H groups in total. The standard InChI is InChI=1S/C15H20N2/c1-15(2,3)11-16-9-12-8-13-6-4-5-7-14(13)17-10-12/h4-8,10,16H,9,11H2,1-3H3. The third kappa shape index (κ3) is 3.53. The maximum Gasteiger partial charge on any atom is 0.0702 e. The summed E-state index contributed by atoms with van der Waals surface area (Å²) >= 11 is 0. The van der Waals surface area contributed by atoms with Gasteiger partial charge in [-0.3, -0.25) is 4.98 Å². The number of nitrogens with zero attached hydrogens (tertiary/aromatic N) is 1. The molecule has 0 saturated carbocycles. The van der Waals surface area contributed by atoms with E-state index < -0.39 is 0 Å². The Labute approximate surface area is 103 Å². The number of nitrogens with one attached hydrogen (secondary N) is 1. The molecule has 0 spiro atoms. The molecule has 0 atom stereocenters. The second-order valence-corrected chi connectivity index (χ2v) is 5.70. The van der Waals surface area contributed by atoms with Crippen LogP contribution in [-0.4, -0.2) is 11.5 Å². The van der Waals surface area contributed by atoms with E-state index in [1.165, 1.54) is 10.9 Å². The van der Waals surface area contributed by atoms with Crippen LogP contribution in [0.1, 0.15) is 26.3 Å². The van der Waals surface area contributed by atoms with Crippen LogP contribution in [0, 0.1) is 5.41 Å². The summed E-state index contributed by atoms with van der Waals surface area (Å²) in [5.41, 5.74) is 2.63. The van der Waals surface area contributed by atoms with Gasteiger partial charge in [0.15, 0.2) is 0 Å². The largest absolute Gasteiger partial charge is 0.312 e. The summed E-state index contributed by atoms with van der Waals surface area (Å²) in [5.74, 6) is 0. The van der Waals surface area contributed by atoms with Crippen LogP contribution in [0.15, 0.2) is 36.5 Å². The average Bonchev–Trinajstić information content (AvgIpc) is 2.27. The van der Waals surface area contributed by atoms with Crippen LogP contribution in [0.3, 0.4) is 0 Å². The van der Waals surface area contributed by atoms with Crippen LogP contribution < -0.4 is 5.32 Å². The zero-order valence-corrected chi connectivity index (χ0v) is 10.8. The molecule has 2 nitrogen and oxygen atoms in total. The van der Waals surface area contributed by atoms with Gasteiger partial charge in [-0.05, 0) is 23.1 Å². The molecular weight excluding hydrogens is 208 g/mol. The number of para-hydroxylation sites is 1. The van der Waals surface area contributed by atoms with E-state index in [1.807, 2.05) is 18.3 Å². The maximum absolute atomic E-state index is 4.46. The van der Waals surface area contributed by atoms with E-state index in [9.17, 15) is 0 Å². The van der Waals surface area contributed by atoms with Gasteiger partial charge in [-0.25, -0.2) is 0 Å². The normalized spacial score (nSPS) is 11.9. The zero-order valence-electron chi connectivity index (χ0n) is 10.8. The Morgan fingerprint density at radius 1 is 1.18 bits per heavy atom. The Bertz CT molecular complexity index is 497. The molecule has 17 heavy (non-hydrogen) atoms.